The summed E-state index contributed by atoms with van der Waals surface area (Å²) >= 11 is 3.41. The molecular weight excluding hydrogens is 266 g/mol. The lowest BCUT2D eigenvalue weighted by atomic mass is 10.1. The van der Waals surface area contributed by atoms with E-state index < -0.39 is 0 Å². The number of nitrogens with zero attached hydrogens (tertiary/aromatic N) is 2. The van der Waals surface area contributed by atoms with Crippen molar-refractivity contribution in [1.29, 1.82) is 0 Å². The average molecular weight is 282 g/mol. The van der Waals surface area contributed by atoms with Crippen LogP contribution in [0.4, 0.5) is 5.82 Å². The van der Waals surface area contributed by atoms with E-state index in [-0.39, 0.29) is 0 Å². The van der Waals surface area contributed by atoms with Crippen molar-refractivity contribution >= 4 is 21.7 Å². The lowest BCUT2D eigenvalue weighted by Gasteiger charge is -2.21. The summed E-state index contributed by atoms with van der Waals surface area (Å²) < 4.78 is 0.902. The minimum absolute atomic E-state index is 0.587. The van der Waals surface area contributed by atoms with Gasteiger partial charge < -0.3 is 5.32 Å². The van der Waals surface area contributed by atoms with Crippen molar-refractivity contribution < 1.29 is 0 Å². The molecule has 1 aromatic heterocycles. The van der Waals surface area contributed by atoms with Crippen LogP contribution < -0.4 is 5.32 Å². The second-order valence-corrected chi connectivity index (χ2v) is 5.44. The Morgan fingerprint density at radius 2 is 2.25 bits per heavy atom. The van der Waals surface area contributed by atoms with Gasteiger partial charge in [-0.3, -0.25) is 4.90 Å². The molecule has 2 aliphatic heterocycles. The van der Waals surface area contributed by atoms with Crippen molar-refractivity contribution in [1.82, 2.24) is 9.88 Å². The van der Waals surface area contributed by atoms with Gasteiger partial charge in [-0.05, 0) is 53.9 Å². The first kappa shape index (κ1) is 10.5. The van der Waals surface area contributed by atoms with Crippen LogP contribution in [0.1, 0.15) is 19.3 Å². The van der Waals surface area contributed by atoms with Gasteiger partial charge in [-0.2, -0.15) is 0 Å². The Balaban J connectivity index is 1.71. The van der Waals surface area contributed by atoms with Crippen LogP contribution in [-0.2, 0) is 0 Å². The molecule has 0 radical (unpaired) electrons. The fraction of sp³-hybridized carbons (Fsp3) is 0.583. The Morgan fingerprint density at radius 1 is 1.31 bits per heavy atom. The maximum Gasteiger partial charge on any atom is 0.127 e. The highest BCUT2D eigenvalue weighted by molar-refractivity contribution is 9.10. The monoisotopic (exact) mass is 281 g/mol. The predicted molar refractivity (Wildman–Crippen MR) is 68.6 cm³/mol. The molecule has 0 spiro atoms. The molecule has 0 amide bonds. The van der Waals surface area contributed by atoms with Crippen LogP contribution in [0.25, 0.3) is 0 Å². The topological polar surface area (TPSA) is 28.2 Å². The lowest BCUT2D eigenvalue weighted by Crippen LogP contribution is -2.33. The maximum absolute atomic E-state index is 4.44. The van der Waals surface area contributed by atoms with Crippen LogP contribution in [0.15, 0.2) is 22.8 Å². The summed E-state index contributed by atoms with van der Waals surface area (Å²) in [7, 11) is 0. The summed E-state index contributed by atoms with van der Waals surface area (Å²) in [5.74, 6) is 0.994. The van der Waals surface area contributed by atoms with Crippen molar-refractivity contribution in [3.8, 4) is 0 Å². The molecule has 2 fully saturated rings. The predicted octanol–water partition coefficient (Wildman–Crippen LogP) is 2.49. The first-order chi connectivity index (χ1) is 7.83. The van der Waals surface area contributed by atoms with E-state index in [1.54, 1.807) is 0 Å². The SMILES string of the molecule is Brc1cccc(NC2CCN3CCCC23)n1. The molecule has 2 aliphatic rings. The number of pyridine rings is 1. The fourth-order valence-corrected chi connectivity index (χ4v) is 3.27. The van der Waals surface area contributed by atoms with E-state index >= 15 is 0 Å². The van der Waals surface area contributed by atoms with Crippen LogP contribution in [0.3, 0.4) is 0 Å². The zero-order valence-electron chi connectivity index (χ0n) is 9.19. The van der Waals surface area contributed by atoms with Gasteiger partial charge in [0.2, 0.25) is 0 Å². The van der Waals surface area contributed by atoms with Crippen molar-refractivity contribution in [2.24, 2.45) is 0 Å². The van der Waals surface area contributed by atoms with Gasteiger partial charge in [0.05, 0.1) is 0 Å². The fourth-order valence-electron chi connectivity index (χ4n) is 2.93. The molecular formula is C12H16BrN3. The number of anilines is 1. The second kappa shape index (κ2) is 4.34. The summed E-state index contributed by atoms with van der Waals surface area (Å²) in [5.41, 5.74) is 0. The largest absolute Gasteiger partial charge is 0.366 e. The molecule has 2 atom stereocenters. The Bertz CT molecular complexity index is 382. The lowest BCUT2D eigenvalue weighted by molar-refractivity contribution is 0.318. The number of halogens is 1. The maximum atomic E-state index is 4.44. The molecule has 86 valence electrons. The van der Waals surface area contributed by atoms with Gasteiger partial charge in [-0.1, -0.05) is 6.07 Å². The normalized spacial score (nSPS) is 29.3. The van der Waals surface area contributed by atoms with E-state index in [1.807, 2.05) is 18.2 Å². The zero-order chi connectivity index (χ0) is 11.0. The summed E-state index contributed by atoms with van der Waals surface area (Å²) in [6, 6.07) is 7.36. The number of aromatic nitrogens is 1. The summed E-state index contributed by atoms with van der Waals surface area (Å²) in [6.45, 7) is 2.53. The highest BCUT2D eigenvalue weighted by Gasteiger charge is 2.37. The first-order valence-electron chi connectivity index (χ1n) is 5.96. The molecule has 1 N–H and O–H groups in total. The molecule has 2 unspecified atom stereocenters. The van der Waals surface area contributed by atoms with E-state index in [0.29, 0.717) is 6.04 Å². The van der Waals surface area contributed by atoms with Crippen molar-refractivity contribution in [3.05, 3.63) is 22.8 Å². The zero-order valence-corrected chi connectivity index (χ0v) is 10.8. The molecule has 3 heterocycles. The van der Waals surface area contributed by atoms with Crippen LogP contribution in [0.5, 0.6) is 0 Å². The number of nitrogens with one attached hydrogen (secondary N) is 1. The van der Waals surface area contributed by atoms with E-state index in [1.165, 1.54) is 32.4 Å². The summed E-state index contributed by atoms with van der Waals surface area (Å²) in [5, 5.41) is 3.57. The van der Waals surface area contributed by atoms with Gasteiger partial charge in [-0.15, -0.1) is 0 Å². The average Bonchev–Trinajstić information content (AvgIpc) is 2.83. The molecule has 0 aliphatic carbocycles. The number of hydrogen-bond acceptors (Lipinski definition) is 3. The van der Waals surface area contributed by atoms with Gasteiger partial charge in [-0.25, -0.2) is 4.98 Å². The van der Waals surface area contributed by atoms with E-state index in [0.717, 1.165) is 16.5 Å². The van der Waals surface area contributed by atoms with E-state index in [4.69, 9.17) is 0 Å². The second-order valence-electron chi connectivity index (χ2n) is 4.63. The molecule has 16 heavy (non-hydrogen) atoms. The molecule has 0 bridgehead atoms. The molecule has 1 aromatic rings. The van der Waals surface area contributed by atoms with Crippen LogP contribution in [0.2, 0.25) is 0 Å². The quantitative estimate of drug-likeness (QED) is 0.845. The third-order valence-electron chi connectivity index (χ3n) is 3.65. The van der Waals surface area contributed by atoms with Gasteiger partial charge in [0, 0.05) is 18.6 Å². The highest BCUT2D eigenvalue weighted by atomic mass is 79.9. The molecule has 0 aromatic carbocycles. The van der Waals surface area contributed by atoms with Crippen molar-refractivity contribution in [3.63, 3.8) is 0 Å². The minimum atomic E-state index is 0.587. The van der Waals surface area contributed by atoms with Crippen LogP contribution in [0, 0.1) is 0 Å². The first-order valence-corrected chi connectivity index (χ1v) is 6.75. The van der Waals surface area contributed by atoms with E-state index in [9.17, 15) is 0 Å². The Kier molecular flexibility index (Phi) is 2.86. The number of hydrogen-bond donors (Lipinski definition) is 1. The minimum Gasteiger partial charge on any atom is -0.366 e. The van der Waals surface area contributed by atoms with Crippen molar-refractivity contribution in [2.75, 3.05) is 18.4 Å². The highest BCUT2D eigenvalue weighted by Crippen LogP contribution is 2.29. The summed E-state index contributed by atoms with van der Waals surface area (Å²) in [6.07, 6.45) is 3.94. The Labute approximate surface area is 104 Å². The molecule has 3 rings (SSSR count). The number of rotatable bonds is 2. The summed E-state index contributed by atoms with van der Waals surface area (Å²) in [4.78, 5) is 7.04. The molecule has 3 nitrogen and oxygen atoms in total. The standard InChI is InChI=1S/C12H16BrN3/c13-11-4-1-5-12(15-11)14-9-6-8-16-7-2-3-10(9)16/h1,4-5,9-10H,2-3,6-8H2,(H,14,15). The van der Waals surface area contributed by atoms with E-state index in [2.05, 4.69) is 31.1 Å². The van der Waals surface area contributed by atoms with Gasteiger partial charge >= 0.3 is 0 Å². The van der Waals surface area contributed by atoms with Gasteiger partial charge in [0.15, 0.2) is 0 Å². The van der Waals surface area contributed by atoms with Crippen LogP contribution in [-0.4, -0.2) is 35.1 Å². The third-order valence-corrected chi connectivity index (χ3v) is 4.10. The Hall–Kier alpha value is -0.610. The van der Waals surface area contributed by atoms with Gasteiger partial charge in [0.25, 0.3) is 0 Å². The van der Waals surface area contributed by atoms with Crippen LogP contribution >= 0.6 is 15.9 Å². The third kappa shape index (κ3) is 1.96. The smallest absolute Gasteiger partial charge is 0.127 e. The molecule has 0 saturated carbocycles. The Morgan fingerprint density at radius 3 is 3.12 bits per heavy atom. The molecule has 4 heteroatoms. The number of fused-ring (bicyclic) bond motifs is 1. The van der Waals surface area contributed by atoms with Crippen molar-refractivity contribution in [2.45, 2.75) is 31.3 Å². The molecule has 2 saturated heterocycles. The van der Waals surface area contributed by atoms with Gasteiger partial charge in [0.1, 0.15) is 10.4 Å².